The van der Waals surface area contributed by atoms with Gasteiger partial charge in [-0.1, -0.05) is 30.3 Å². The number of methoxy groups -OCH3 is 1. The van der Waals surface area contributed by atoms with Gasteiger partial charge in [-0.05, 0) is 30.2 Å². The molecule has 28 heavy (non-hydrogen) atoms. The third kappa shape index (κ3) is 3.32. The Balaban J connectivity index is 2.15. The number of benzene rings is 2. The van der Waals surface area contributed by atoms with Crippen molar-refractivity contribution >= 4 is 23.3 Å². The zero-order valence-electron chi connectivity index (χ0n) is 15.2. The molecule has 0 fully saturated rings. The van der Waals surface area contributed by atoms with Crippen LogP contribution in [0.5, 0.6) is 0 Å². The Morgan fingerprint density at radius 1 is 1.25 bits per heavy atom. The normalized spacial score (nSPS) is 17.5. The number of anilines is 1. The highest BCUT2D eigenvalue weighted by molar-refractivity contribution is 5.91. The second kappa shape index (κ2) is 7.51. The Morgan fingerprint density at radius 3 is 2.50 bits per heavy atom. The van der Waals surface area contributed by atoms with Crippen LogP contribution in [0.3, 0.4) is 0 Å². The van der Waals surface area contributed by atoms with Crippen LogP contribution >= 0.6 is 0 Å². The second-order valence-corrected chi connectivity index (χ2v) is 6.26. The Kier molecular flexibility index (Phi) is 5.12. The van der Waals surface area contributed by atoms with Gasteiger partial charge in [0.05, 0.1) is 12.0 Å². The van der Waals surface area contributed by atoms with Crippen LogP contribution in [0.1, 0.15) is 11.1 Å². The lowest BCUT2D eigenvalue weighted by Crippen LogP contribution is -2.53. The molecule has 0 saturated heterocycles. The predicted molar refractivity (Wildman–Crippen MR) is 101 cm³/mol. The van der Waals surface area contributed by atoms with Crippen molar-refractivity contribution in [3.05, 3.63) is 81.9 Å². The van der Waals surface area contributed by atoms with Crippen molar-refractivity contribution in [3.8, 4) is 0 Å². The van der Waals surface area contributed by atoms with Crippen molar-refractivity contribution in [2.24, 2.45) is 0 Å². The van der Waals surface area contributed by atoms with Crippen LogP contribution in [-0.4, -0.2) is 30.1 Å². The molecule has 0 spiro atoms. The second-order valence-electron chi connectivity index (χ2n) is 6.26. The molecule has 0 radical (unpaired) electrons. The third-order valence-corrected chi connectivity index (χ3v) is 4.57. The number of carbonyl (C=O) groups excluding carboxylic acids is 2. The van der Waals surface area contributed by atoms with Crippen molar-refractivity contribution in [3.63, 3.8) is 0 Å². The molecule has 1 heterocycles. The lowest BCUT2D eigenvalue weighted by Gasteiger charge is -2.37. The predicted octanol–water partition coefficient (Wildman–Crippen LogP) is 2.87. The number of hydrogen-bond donors (Lipinski definition) is 1. The van der Waals surface area contributed by atoms with Gasteiger partial charge >= 0.3 is 11.9 Å². The molecule has 0 saturated carbocycles. The van der Waals surface area contributed by atoms with Gasteiger partial charge < -0.3 is 14.8 Å². The molecule has 2 atom stereocenters. The van der Waals surface area contributed by atoms with Gasteiger partial charge in [0.15, 0.2) is 6.10 Å². The van der Waals surface area contributed by atoms with Gasteiger partial charge in [0.1, 0.15) is 0 Å². The number of rotatable bonds is 6. The van der Waals surface area contributed by atoms with Crippen LogP contribution < -0.4 is 5.32 Å². The summed E-state index contributed by atoms with van der Waals surface area (Å²) in [6.45, 7) is 1.68. The molecule has 8 nitrogen and oxygen atoms in total. The van der Waals surface area contributed by atoms with Crippen LogP contribution in [0.25, 0.3) is 0 Å². The van der Waals surface area contributed by atoms with E-state index in [4.69, 9.17) is 9.47 Å². The van der Waals surface area contributed by atoms with Gasteiger partial charge in [-0.15, -0.1) is 0 Å². The van der Waals surface area contributed by atoms with Crippen LogP contribution in [0.15, 0.2) is 60.7 Å². The molecular formula is C20H18N2O6. The van der Waals surface area contributed by atoms with Crippen molar-refractivity contribution in [1.82, 2.24) is 0 Å². The number of nitro groups is 1. The number of esters is 2. The van der Waals surface area contributed by atoms with Gasteiger partial charge in [-0.2, -0.15) is 0 Å². The van der Waals surface area contributed by atoms with Crippen molar-refractivity contribution in [1.29, 1.82) is 0 Å². The highest BCUT2D eigenvalue weighted by atomic mass is 16.6. The summed E-state index contributed by atoms with van der Waals surface area (Å²) >= 11 is 0. The summed E-state index contributed by atoms with van der Waals surface area (Å²) in [6.07, 6.45) is 1.76. The molecule has 1 aliphatic rings. The number of ether oxygens (including phenoxy) is 2. The maximum Gasteiger partial charge on any atom is 0.340 e. The van der Waals surface area contributed by atoms with Gasteiger partial charge in [0, 0.05) is 23.9 Å². The van der Waals surface area contributed by atoms with Crippen molar-refractivity contribution < 1.29 is 24.0 Å². The first-order chi connectivity index (χ1) is 13.4. The Morgan fingerprint density at radius 2 is 1.96 bits per heavy atom. The average molecular weight is 382 g/mol. The van der Waals surface area contributed by atoms with Crippen LogP contribution in [0.2, 0.25) is 0 Å². The van der Waals surface area contributed by atoms with E-state index in [9.17, 15) is 19.7 Å². The Labute approximate surface area is 160 Å². The van der Waals surface area contributed by atoms with E-state index in [1.54, 1.807) is 37.3 Å². The fourth-order valence-corrected chi connectivity index (χ4v) is 3.17. The zero-order chi connectivity index (χ0) is 20.3. The van der Waals surface area contributed by atoms with E-state index in [1.165, 1.54) is 37.5 Å². The molecule has 1 N–H and O–H groups in total. The molecule has 8 heteroatoms. The minimum atomic E-state index is -1.57. The first kappa shape index (κ1) is 19.1. The fourth-order valence-electron chi connectivity index (χ4n) is 3.17. The lowest BCUT2D eigenvalue weighted by atomic mass is 9.83. The highest BCUT2D eigenvalue weighted by Crippen LogP contribution is 2.37. The monoisotopic (exact) mass is 382 g/mol. The number of cyclic esters (lactones) is 1. The SMILES string of the molecule is COC(=O)[C@](Nc1ccc([N+](=O)[O-])cc1C)(c1ccccc1)[C@@H]1C=CC(=O)O1. The molecule has 0 aliphatic carbocycles. The molecule has 0 aromatic heterocycles. The lowest BCUT2D eigenvalue weighted by molar-refractivity contribution is -0.384. The molecular weight excluding hydrogens is 364 g/mol. The Bertz CT molecular complexity index is 956. The van der Waals surface area contributed by atoms with Gasteiger partial charge in [-0.3, -0.25) is 10.1 Å². The van der Waals surface area contributed by atoms with E-state index in [2.05, 4.69) is 5.32 Å². The number of nitrogens with one attached hydrogen (secondary N) is 1. The number of nitrogens with zero attached hydrogens (tertiary/aromatic N) is 1. The number of non-ortho nitro benzene ring substituents is 1. The van der Waals surface area contributed by atoms with E-state index in [1.807, 2.05) is 0 Å². The van der Waals surface area contributed by atoms with E-state index in [0.29, 0.717) is 16.8 Å². The summed E-state index contributed by atoms with van der Waals surface area (Å²) in [5.74, 6) is -1.24. The standard InChI is InChI=1S/C20H18N2O6/c1-13-12-15(22(25)26)8-9-16(13)21-20(19(24)27-2,14-6-4-3-5-7-14)17-10-11-18(23)28-17/h3-12,17,21H,1-2H3/t17-,20-/m0/s1. The van der Waals surface area contributed by atoms with E-state index in [-0.39, 0.29) is 5.69 Å². The minimum Gasteiger partial charge on any atom is -0.467 e. The molecule has 144 valence electrons. The summed E-state index contributed by atoms with van der Waals surface area (Å²) in [5, 5.41) is 14.1. The van der Waals surface area contributed by atoms with Crippen LogP contribution in [0, 0.1) is 17.0 Å². The first-order valence-corrected chi connectivity index (χ1v) is 8.44. The average Bonchev–Trinajstić information content (AvgIpc) is 3.13. The maximum absolute atomic E-state index is 13.0. The zero-order valence-corrected chi connectivity index (χ0v) is 15.2. The molecule has 2 aromatic carbocycles. The smallest absolute Gasteiger partial charge is 0.340 e. The van der Waals surface area contributed by atoms with Gasteiger partial charge in [0.25, 0.3) is 5.69 Å². The molecule has 3 rings (SSSR count). The van der Waals surface area contributed by atoms with Gasteiger partial charge in [0.2, 0.25) is 5.54 Å². The van der Waals surface area contributed by atoms with Gasteiger partial charge in [-0.25, -0.2) is 9.59 Å². The molecule has 0 bridgehead atoms. The van der Waals surface area contributed by atoms with E-state index >= 15 is 0 Å². The summed E-state index contributed by atoms with van der Waals surface area (Å²) in [6, 6.07) is 12.9. The summed E-state index contributed by atoms with van der Waals surface area (Å²) in [5.41, 5.74) is -0.106. The largest absolute Gasteiger partial charge is 0.467 e. The number of hydrogen-bond acceptors (Lipinski definition) is 7. The number of carbonyl (C=O) groups is 2. The number of aryl methyl sites for hydroxylation is 1. The molecule has 0 unspecified atom stereocenters. The maximum atomic E-state index is 13.0. The van der Waals surface area contributed by atoms with Crippen molar-refractivity contribution in [2.45, 2.75) is 18.6 Å². The molecule has 1 aliphatic heterocycles. The van der Waals surface area contributed by atoms with Crippen LogP contribution in [0.4, 0.5) is 11.4 Å². The first-order valence-electron chi connectivity index (χ1n) is 8.44. The quantitative estimate of drug-likeness (QED) is 0.465. The summed E-state index contributed by atoms with van der Waals surface area (Å²) in [7, 11) is 1.24. The van der Waals surface area contributed by atoms with Crippen molar-refractivity contribution in [2.75, 3.05) is 12.4 Å². The molecule has 0 amide bonds. The third-order valence-electron chi connectivity index (χ3n) is 4.57. The van der Waals surface area contributed by atoms with Crippen LogP contribution in [-0.2, 0) is 24.6 Å². The highest BCUT2D eigenvalue weighted by Gasteiger charge is 2.51. The van der Waals surface area contributed by atoms with E-state index in [0.717, 1.165) is 0 Å². The Hall–Kier alpha value is -3.68. The number of nitro benzene ring substituents is 1. The van der Waals surface area contributed by atoms with E-state index < -0.39 is 28.5 Å². The summed E-state index contributed by atoms with van der Waals surface area (Å²) < 4.78 is 10.4. The topological polar surface area (TPSA) is 108 Å². The minimum absolute atomic E-state index is 0.0707. The fraction of sp³-hybridized carbons (Fsp3) is 0.200. The molecule has 2 aromatic rings. The summed E-state index contributed by atoms with van der Waals surface area (Å²) in [4.78, 5) is 35.2.